The number of carbonyl (C=O) groups excluding carboxylic acids is 1. The molecule has 132 valence electrons. The highest BCUT2D eigenvalue weighted by atomic mass is 19.1. The fourth-order valence-corrected chi connectivity index (χ4v) is 2.20. The van der Waals surface area contributed by atoms with Crippen molar-refractivity contribution in [2.75, 3.05) is 17.2 Å². The van der Waals surface area contributed by atoms with Gasteiger partial charge in [0.2, 0.25) is 0 Å². The van der Waals surface area contributed by atoms with E-state index in [0.29, 0.717) is 11.6 Å². The maximum absolute atomic E-state index is 12.9. The summed E-state index contributed by atoms with van der Waals surface area (Å²) in [6, 6.07) is 16.9. The second-order valence-electron chi connectivity index (χ2n) is 5.71. The smallest absolute Gasteiger partial charge is 0.263 e. The Morgan fingerprint density at radius 2 is 1.69 bits per heavy atom. The first-order valence-corrected chi connectivity index (χ1v) is 8.06. The van der Waals surface area contributed by atoms with Crippen LogP contribution in [0.1, 0.15) is 5.56 Å². The summed E-state index contributed by atoms with van der Waals surface area (Å²) in [5.74, 6) is 0.474. The first-order chi connectivity index (χ1) is 12.6. The standard InChI is InChI=1S/C20H18FN3O2/c1-14-2-9-18(10-3-14)26-13-20(25)24-19-11-8-17(12-22-19)23-16-6-4-15(21)5-7-16/h2-12,23H,13H2,1H3,(H,22,24,25). The number of rotatable bonds is 6. The van der Waals surface area contributed by atoms with Gasteiger partial charge in [0.1, 0.15) is 17.4 Å². The molecule has 1 amide bonds. The van der Waals surface area contributed by atoms with Crippen LogP contribution in [0.25, 0.3) is 0 Å². The minimum absolute atomic E-state index is 0.0969. The predicted octanol–water partition coefficient (Wildman–Crippen LogP) is 4.29. The van der Waals surface area contributed by atoms with Crippen molar-refractivity contribution in [1.29, 1.82) is 0 Å². The number of halogens is 1. The van der Waals surface area contributed by atoms with Gasteiger partial charge in [0.05, 0.1) is 11.9 Å². The molecule has 0 aliphatic carbocycles. The first kappa shape index (κ1) is 17.4. The number of anilines is 3. The number of aromatic nitrogens is 1. The van der Waals surface area contributed by atoms with Gasteiger partial charge in [-0.1, -0.05) is 17.7 Å². The van der Waals surface area contributed by atoms with Crippen LogP contribution in [0.4, 0.5) is 21.6 Å². The zero-order valence-corrected chi connectivity index (χ0v) is 14.2. The highest BCUT2D eigenvalue weighted by Crippen LogP contribution is 2.17. The Bertz CT molecular complexity index is 863. The van der Waals surface area contributed by atoms with Crippen LogP contribution in [0.5, 0.6) is 5.75 Å². The molecule has 26 heavy (non-hydrogen) atoms. The first-order valence-electron chi connectivity index (χ1n) is 8.06. The van der Waals surface area contributed by atoms with Crippen molar-refractivity contribution < 1.29 is 13.9 Å². The van der Waals surface area contributed by atoms with Gasteiger partial charge in [0.25, 0.3) is 5.91 Å². The van der Waals surface area contributed by atoms with Crippen molar-refractivity contribution in [1.82, 2.24) is 4.98 Å². The van der Waals surface area contributed by atoms with Gasteiger partial charge in [-0.05, 0) is 55.5 Å². The van der Waals surface area contributed by atoms with Crippen LogP contribution in [0.2, 0.25) is 0 Å². The lowest BCUT2D eigenvalue weighted by Gasteiger charge is -2.09. The molecule has 0 unspecified atom stereocenters. The zero-order chi connectivity index (χ0) is 18.4. The van der Waals surface area contributed by atoms with Crippen molar-refractivity contribution in [3.63, 3.8) is 0 Å². The van der Waals surface area contributed by atoms with Crippen molar-refractivity contribution in [2.45, 2.75) is 6.92 Å². The monoisotopic (exact) mass is 351 g/mol. The van der Waals surface area contributed by atoms with Gasteiger partial charge in [-0.3, -0.25) is 4.79 Å². The molecule has 0 radical (unpaired) electrons. The number of carbonyl (C=O) groups is 1. The van der Waals surface area contributed by atoms with E-state index in [1.54, 1.807) is 30.5 Å². The number of pyridine rings is 1. The van der Waals surface area contributed by atoms with Gasteiger partial charge in [0.15, 0.2) is 6.61 Å². The van der Waals surface area contributed by atoms with Crippen LogP contribution in [-0.4, -0.2) is 17.5 Å². The SMILES string of the molecule is Cc1ccc(OCC(=O)Nc2ccc(Nc3ccc(F)cc3)cn2)cc1. The minimum Gasteiger partial charge on any atom is -0.484 e. The fraction of sp³-hybridized carbons (Fsp3) is 0.100. The highest BCUT2D eigenvalue weighted by Gasteiger charge is 2.05. The van der Waals surface area contributed by atoms with Crippen molar-refractivity contribution >= 4 is 23.1 Å². The summed E-state index contributed by atoms with van der Waals surface area (Å²) in [6.45, 7) is 1.89. The Morgan fingerprint density at radius 3 is 2.35 bits per heavy atom. The summed E-state index contributed by atoms with van der Waals surface area (Å²) < 4.78 is 18.3. The molecule has 0 fully saturated rings. The summed E-state index contributed by atoms with van der Waals surface area (Å²) in [5, 5.41) is 5.77. The van der Waals surface area contributed by atoms with E-state index in [1.807, 2.05) is 31.2 Å². The van der Waals surface area contributed by atoms with Crippen molar-refractivity contribution in [3.05, 3.63) is 78.2 Å². The molecule has 0 atom stereocenters. The summed E-state index contributed by atoms with van der Waals surface area (Å²) >= 11 is 0. The molecule has 0 aliphatic rings. The molecule has 2 N–H and O–H groups in total. The molecule has 0 saturated heterocycles. The van der Waals surface area contributed by atoms with Gasteiger partial charge < -0.3 is 15.4 Å². The zero-order valence-electron chi connectivity index (χ0n) is 14.2. The Kier molecular flexibility index (Phi) is 5.43. The fourth-order valence-electron chi connectivity index (χ4n) is 2.20. The summed E-state index contributed by atoms with van der Waals surface area (Å²) in [4.78, 5) is 16.1. The number of nitrogens with zero attached hydrogens (tertiary/aromatic N) is 1. The van der Waals surface area contributed by atoms with Gasteiger partial charge in [-0.2, -0.15) is 0 Å². The maximum atomic E-state index is 12.9. The maximum Gasteiger partial charge on any atom is 0.263 e. The van der Waals surface area contributed by atoms with Crippen molar-refractivity contribution in [3.8, 4) is 5.75 Å². The Hall–Kier alpha value is -3.41. The molecule has 0 bridgehead atoms. The quantitative estimate of drug-likeness (QED) is 0.695. The van der Waals surface area contributed by atoms with Crippen LogP contribution in [-0.2, 0) is 4.79 Å². The van der Waals surface area contributed by atoms with E-state index in [-0.39, 0.29) is 18.3 Å². The number of hydrogen-bond donors (Lipinski definition) is 2. The van der Waals surface area contributed by atoms with Gasteiger partial charge in [-0.25, -0.2) is 9.37 Å². The molecule has 0 saturated carbocycles. The van der Waals surface area contributed by atoms with E-state index in [2.05, 4.69) is 15.6 Å². The number of aryl methyl sites for hydroxylation is 1. The molecule has 3 rings (SSSR count). The Morgan fingerprint density at radius 1 is 1.00 bits per heavy atom. The summed E-state index contributed by atoms with van der Waals surface area (Å²) in [6.07, 6.45) is 1.58. The lowest BCUT2D eigenvalue weighted by molar-refractivity contribution is -0.118. The molecule has 2 aromatic carbocycles. The molecule has 5 nitrogen and oxygen atoms in total. The molecular formula is C20H18FN3O2. The van der Waals surface area contributed by atoms with Gasteiger partial charge in [0, 0.05) is 5.69 Å². The van der Waals surface area contributed by atoms with Crippen molar-refractivity contribution in [2.24, 2.45) is 0 Å². The third-order valence-corrected chi connectivity index (χ3v) is 3.55. The third-order valence-electron chi connectivity index (χ3n) is 3.55. The van der Waals surface area contributed by atoms with E-state index < -0.39 is 0 Å². The number of nitrogens with one attached hydrogen (secondary N) is 2. The average molecular weight is 351 g/mol. The molecule has 1 heterocycles. The van der Waals surface area contributed by atoms with E-state index in [4.69, 9.17) is 4.74 Å². The highest BCUT2D eigenvalue weighted by molar-refractivity contribution is 5.91. The van der Waals surface area contributed by atoms with Gasteiger partial charge in [-0.15, -0.1) is 0 Å². The number of benzene rings is 2. The number of ether oxygens (including phenoxy) is 1. The van der Waals surface area contributed by atoms with Crippen LogP contribution in [0.3, 0.4) is 0 Å². The molecule has 6 heteroatoms. The second kappa shape index (κ2) is 8.11. The van der Waals surface area contributed by atoms with E-state index in [1.165, 1.54) is 12.1 Å². The van der Waals surface area contributed by atoms with E-state index in [0.717, 1.165) is 16.9 Å². The van der Waals surface area contributed by atoms with Crippen LogP contribution in [0.15, 0.2) is 66.9 Å². The largest absolute Gasteiger partial charge is 0.484 e. The van der Waals surface area contributed by atoms with Crippen LogP contribution in [0, 0.1) is 12.7 Å². The van der Waals surface area contributed by atoms with Gasteiger partial charge >= 0.3 is 0 Å². The Labute approximate surface area is 150 Å². The number of amides is 1. The molecule has 0 aliphatic heterocycles. The average Bonchev–Trinajstić information content (AvgIpc) is 2.65. The van der Waals surface area contributed by atoms with Crippen LogP contribution >= 0.6 is 0 Å². The number of hydrogen-bond acceptors (Lipinski definition) is 4. The minimum atomic E-state index is -0.294. The summed E-state index contributed by atoms with van der Waals surface area (Å²) in [7, 11) is 0. The van der Waals surface area contributed by atoms with E-state index >= 15 is 0 Å². The molecule has 0 spiro atoms. The summed E-state index contributed by atoms with van der Waals surface area (Å²) in [5.41, 5.74) is 2.60. The lowest BCUT2D eigenvalue weighted by Crippen LogP contribution is -2.20. The molecule has 3 aromatic rings. The third kappa shape index (κ3) is 5.04. The lowest BCUT2D eigenvalue weighted by atomic mass is 10.2. The molecule has 1 aromatic heterocycles. The predicted molar refractivity (Wildman–Crippen MR) is 99.2 cm³/mol. The second-order valence-corrected chi connectivity index (χ2v) is 5.71. The molecular weight excluding hydrogens is 333 g/mol. The van der Waals surface area contributed by atoms with E-state index in [9.17, 15) is 9.18 Å². The normalized spacial score (nSPS) is 10.2. The Balaban J connectivity index is 1.50. The van der Waals surface area contributed by atoms with Crippen LogP contribution < -0.4 is 15.4 Å². The topological polar surface area (TPSA) is 63.2 Å².